The summed E-state index contributed by atoms with van der Waals surface area (Å²) in [5.74, 6) is -0.900. The van der Waals surface area contributed by atoms with Crippen LogP contribution in [0.4, 0.5) is 10.1 Å². The van der Waals surface area contributed by atoms with Crippen LogP contribution in [0, 0.1) is 19.7 Å². The van der Waals surface area contributed by atoms with E-state index < -0.39 is 40.2 Å². The van der Waals surface area contributed by atoms with Gasteiger partial charge in [-0.2, -0.15) is 0 Å². The fraction of sp³-hybridized carbons (Fsp3) is 0.355. The van der Waals surface area contributed by atoms with Crippen molar-refractivity contribution in [2.24, 2.45) is 0 Å². The monoisotopic (exact) mass is 599 g/mol. The van der Waals surface area contributed by atoms with Crippen LogP contribution in [-0.4, -0.2) is 58.0 Å². The molecule has 2 amide bonds. The summed E-state index contributed by atoms with van der Waals surface area (Å²) in [6.45, 7) is 8.20. The summed E-state index contributed by atoms with van der Waals surface area (Å²) < 4.78 is 53.5. The lowest BCUT2D eigenvalue weighted by atomic mass is 10.1. The number of methoxy groups -OCH3 is 2. The Hall–Kier alpha value is -4.12. The van der Waals surface area contributed by atoms with Crippen LogP contribution < -0.4 is 19.1 Å². The normalized spacial score (nSPS) is 12.0. The molecule has 11 heteroatoms. The number of hydrogen-bond acceptors (Lipinski definition) is 6. The molecular weight excluding hydrogens is 561 g/mol. The van der Waals surface area contributed by atoms with Gasteiger partial charge in [-0.25, -0.2) is 12.8 Å². The highest BCUT2D eigenvalue weighted by atomic mass is 32.2. The first-order chi connectivity index (χ1) is 19.8. The molecule has 3 rings (SSSR count). The Morgan fingerprint density at radius 2 is 1.48 bits per heavy atom. The molecule has 0 aliphatic heterocycles. The Labute approximate surface area is 247 Å². The third-order valence-electron chi connectivity index (χ3n) is 6.58. The summed E-state index contributed by atoms with van der Waals surface area (Å²) >= 11 is 0. The Balaban J connectivity index is 2.10. The number of aryl methyl sites for hydroxylation is 2. The highest BCUT2D eigenvalue weighted by Gasteiger charge is 2.33. The molecule has 0 fully saturated rings. The zero-order chi connectivity index (χ0) is 31.2. The molecule has 0 spiro atoms. The number of amides is 2. The number of carbonyl (C=O) groups is 2. The Morgan fingerprint density at radius 1 is 0.881 bits per heavy atom. The summed E-state index contributed by atoms with van der Waals surface area (Å²) in [6, 6.07) is 13.9. The van der Waals surface area contributed by atoms with Crippen LogP contribution in [-0.2, 0) is 26.2 Å². The number of anilines is 1. The van der Waals surface area contributed by atoms with E-state index in [1.165, 1.54) is 61.6 Å². The second-order valence-electron chi connectivity index (χ2n) is 10.4. The summed E-state index contributed by atoms with van der Waals surface area (Å²) in [6.07, 6.45) is 0. The molecule has 0 aliphatic carbocycles. The SMILES string of the molecule is COc1ccc(S(=O)(=O)N(CC(=O)N(Cc2ccc(F)cc2)[C@@H](C)C(=O)NC(C)C)c2cc(C)cc(C)c2)cc1OC. The van der Waals surface area contributed by atoms with Gasteiger partial charge in [0, 0.05) is 18.7 Å². The molecule has 0 bridgehead atoms. The highest BCUT2D eigenvalue weighted by Crippen LogP contribution is 2.33. The molecule has 0 aromatic heterocycles. The zero-order valence-electron chi connectivity index (χ0n) is 25.0. The van der Waals surface area contributed by atoms with Gasteiger partial charge in [-0.1, -0.05) is 18.2 Å². The summed E-state index contributed by atoms with van der Waals surface area (Å²) in [7, 11) is -1.47. The predicted octanol–water partition coefficient (Wildman–Crippen LogP) is 4.60. The van der Waals surface area contributed by atoms with E-state index in [1.807, 2.05) is 19.9 Å². The Bertz CT molecular complexity index is 1510. The van der Waals surface area contributed by atoms with E-state index in [4.69, 9.17) is 9.47 Å². The van der Waals surface area contributed by atoms with Crippen LogP contribution in [0.1, 0.15) is 37.5 Å². The maximum absolute atomic E-state index is 14.2. The number of rotatable bonds is 12. The third-order valence-corrected chi connectivity index (χ3v) is 8.35. The van der Waals surface area contributed by atoms with E-state index in [1.54, 1.807) is 32.9 Å². The van der Waals surface area contributed by atoms with Crippen LogP contribution in [0.5, 0.6) is 11.5 Å². The fourth-order valence-electron chi connectivity index (χ4n) is 4.50. The zero-order valence-corrected chi connectivity index (χ0v) is 25.8. The topological polar surface area (TPSA) is 105 Å². The van der Waals surface area contributed by atoms with E-state index >= 15 is 0 Å². The van der Waals surface area contributed by atoms with Crippen molar-refractivity contribution < 1.29 is 31.9 Å². The van der Waals surface area contributed by atoms with Gasteiger partial charge < -0.3 is 19.7 Å². The molecule has 0 saturated carbocycles. The largest absolute Gasteiger partial charge is 0.493 e. The minimum atomic E-state index is -4.32. The van der Waals surface area contributed by atoms with Gasteiger partial charge in [-0.15, -0.1) is 0 Å². The van der Waals surface area contributed by atoms with Crippen LogP contribution in [0.25, 0.3) is 0 Å². The molecule has 3 aromatic carbocycles. The number of benzene rings is 3. The predicted molar refractivity (Wildman–Crippen MR) is 160 cm³/mol. The van der Waals surface area contributed by atoms with Gasteiger partial charge >= 0.3 is 0 Å². The van der Waals surface area contributed by atoms with Gasteiger partial charge in [-0.05, 0) is 87.7 Å². The number of hydrogen-bond donors (Lipinski definition) is 1. The average molecular weight is 600 g/mol. The van der Waals surface area contributed by atoms with E-state index in [0.717, 1.165) is 15.4 Å². The first-order valence-corrected chi connectivity index (χ1v) is 14.9. The van der Waals surface area contributed by atoms with Gasteiger partial charge in [0.2, 0.25) is 11.8 Å². The molecule has 3 aromatic rings. The van der Waals surface area contributed by atoms with E-state index in [-0.39, 0.29) is 28.9 Å². The van der Waals surface area contributed by atoms with E-state index in [2.05, 4.69) is 5.32 Å². The summed E-state index contributed by atoms with van der Waals surface area (Å²) in [5, 5.41) is 2.80. The third kappa shape index (κ3) is 7.79. The van der Waals surface area contributed by atoms with Crippen LogP contribution in [0.15, 0.2) is 65.6 Å². The molecule has 0 heterocycles. The Morgan fingerprint density at radius 3 is 2.02 bits per heavy atom. The molecule has 226 valence electrons. The lowest BCUT2D eigenvalue weighted by Gasteiger charge is -2.32. The number of nitrogens with one attached hydrogen (secondary N) is 1. The number of carbonyl (C=O) groups excluding carboxylic acids is 2. The standard InChI is InChI=1S/C31H38FN3O6S/c1-20(2)33-31(37)23(5)34(18-24-8-10-25(32)11-9-24)30(36)19-35(26-15-21(3)14-22(4)16-26)42(38,39)27-12-13-28(40-6)29(17-27)41-7/h8-17,20,23H,18-19H2,1-7H3,(H,33,37)/t23-/m0/s1. The fourth-order valence-corrected chi connectivity index (χ4v) is 5.92. The van der Waals surface area contributed by atoms with Crippen molar-refractivity contribution in [3.63, 3.8) is 0 Å². The van der Waals surface area contributed by atoms with Crippen LogP contribution >= 0.6 is 0 Å². The average Bonchev–Trinajstić information content (AvgIpc) is 2.93. The molecule has 1 N–H and O–H groups in total. The van der Waals surface area contributed by atoms with Crippen molar-refractivity contribution in [3.8, 4) is 11.5 Å². The van der Waals surface area contributed by atoms with E-state index in [0.29, 0.717) is 11.3 Å². The molecule has 42 heavy (non-hydrogen) atoms. The lowest BCUT2D eigenvalue weighted by molar-refractivity contribution is -0.139. The quantitative estimate of drug-likeness (QED) is 0.326. The minimum absolute atomic E-state index is 0.0388. The van der Waals surface area contributed by atoms with Crippen molar-refractivity contribution in [2.45, 2.75) is 58.1 Å². The maximum atomic E-state index is 14.2. The molecule has 0 aliphatic rings. The second-order valence-corrected chi connectivity index (χ2v) is 12.2. The number of ether oxygens (including phenoxy) is 2. The minimum Gasteiger partial charge on any atom is -0.493 e. The first-order valence-electron chi connectivity index (χ1n) is 13.4. The lowest BCUT2D eigenvalue weighted by Crippen LogP contribution is -2.52. The number of nitrogens with zero attached hydrogens (tertiary/aromatic N) is 2. The Kier molecular flexibility index (Phi) is 10.6. The molecule has 9 nitrogen and oxygen atoms in total. The molecular formula is C31H38FN3O6S. The number of halogens is 1. The highest BCUT2D eigenvalue weighted by molar-refractivity contribution is 7.92. The smallest absolute Gasteiger partial charge is 0.264 e. The summed E-state index contributed by atoms with van der Waals surface area (Å²) in [5.41, 5.74) is 2.47. The van der Waals surface area contributed by atoms with Crippen molar-refractivity contribution in [1.29, 1.82) is 0 Å². The van der Waals surface area contributed by atoms with Gasteiger partial charge in [-0.3, -0.25) is 13.9 Å². The van der Waals surface area contributed by atoms with Crippen molar-refractivity contribution in [3.05, 3.63) is 83.2 Å². The van der Waals surface area contributed by atoms with Gasteiger partial charge in [0.15, 0.2) is 11.5 Å². The number of sulfonamides is 1. The van der Waals surface area contributed by atoms with Gasteiger partial charge in [0.1, 0.15) is 18.4 Å². The van der Waals surface area contributed by atoms with Crippen LogP contribution in [0.2, 0.25) is 0 Å². The van der Waals surface area contributed by atoms with Crippen molar-refractivity contribution >= 4 is 27.5 Å². The van der Waals surface area contributed by atoms with Gasteiger partial charge in [0.05, 0.1) is 24.8 Å². The van der Waals surface area contributed by atoms with Crippen molar-refractivity contribution in [2.75, 3.05) is 25.1 Å². The molecule has 0 radical (unpaired) electrons. The molecule has 1 atom stereocenters. The van der Waals surface area contributed by atoms with E-state index in [9.17, 15) is 22.4 Å². The van der Waals surface area contributed by atoms with Crippen molar-refractivity contribution in [1.82, 2.24) is 10.2 Å². The molecule has 0 unspecified atom stereocenters. The van der Waals surface area contributed by atoms with Gasteiger partial charge in [0.25, 0.3) is 10.0 Å². The summed E-state index contributed by atoms with van der Waals surface area (Å²) in [4.78, 5) is 28.2. The van der Waals surface area contributed by atoms with Crippen LogP contribution in [0.3, 0.4) is 0 Å². The second kappa shape index (κ2) is 13.7. The maximum Gasteiger partial charge on any atom is 0.264 e. The first kappa shape index (κ1) is 32.4. The molecule has 0 saturated heterocycles.